The van der Waals surface area contributed by atoms with Gasteiger partial charge in [-0.2, -0.15) is 4.98 Å². The molecule has 0 unspecified atom stereocenters. The van der Waals surface area contributed by atoms with Crippen LogP contribution in [0.5, 0.6) is 5.75 Å². The number of benzene rings is 3. The van der Waals surface area contributed by atoms with Crippen molar-refractivity contribution in [1.82, 2.24) is 24.4 Å². The van der Waals surface area contributed by atoms with Gasteiger partial charge in [0.25, 0.3) is 0 Å². The van der Waals surface area contributed by atoms with Gasteiger partial charge in [0.1, 0.15) is 21.9 Å². The van der Waals surface area contributed by atoms with Crippen molar-refractivity contribution in [2.75, 3.05) is 18.0 Å². The number of piperazine rings is 1. The summed E-state index contributed by atoms with van der Waals surface area (Å²) in [7, 11) is -1.97. The fourth-order valence-corrected chi connectivity index (χ4v) is 8.78. The molecular weight excluding hydrogens is 673 g/mol. The third-order valence-corrected chi connectivity index (χ3v) is 15.9. The van der Waals surface area contributed by atoms with Crippen molar-refractivity contribution in [3.05, 3.63) is 84.2 Å². The molecule has 2 atom stereocenters. The van der Waals surface area contributed by atoms with Crippen LogP contribution in [0.1, 0.15) is 65.5 Å². The van der Waals surface area contributed by atoms with E-state index in [1.165, 1.54) is 16.5 Å². The van der Waals surface area contributed by atoms with Gasteiger partial charge in [-0.25, -0.2) is 14.8 Å². The number of thioether (sulfide) groups is 1. The summed E-state index contributed by atoms with van der Waals surface area (Å²) in [6.07, 6.45) is 3.56. The minimum Gasteiger partial charge on any atom is -0.543 e. The normalized spacial score (nSPS) is 18.1. The summed E-state index contributed by atoms with van der Waals surface area (Å²) in [5.74, 6) is 2.39. The number of ether oxygens (including phenoxy) is 1. The summed E-state index contributed by atoms with van der Waals surface area (Å²) < 4.78 is 14.6. The first kappa shape index (κ1) is 35.3. The van der Waals surface area contributed by atoms with E-state index in [0.29, 0.717) is 25.6 Å². The van der Waals surface area contributed by atoms with Crippen LogP contribution >= 0.6 is 11.8 Å². The maximum Gasteiger partial charge on any atom is 0.410 e. The molecule has 2 bridgehead atoms. The van der Waals surface area contributed by atoms with Crippen molar-refractivity contribution in [1.29, 1.82) is 0 Å². The first-order valence-corrected chi connectivity index (χ1v) is 21.9. The molecule has 5 aromatic rings. The predicted molar refractivity (Wildman–Crippen MR) is 209 cm³/mol. The lowest BCUT2D eigenvalue weighted by atomic mass is 10.0. The molecule has 3 aromatic carbocycles. The molecule has 2 saturated heterocycles. The molecule has 0 spiro atoms. The van der Waals surface area contributed by atoms with E-state index in [0.717, 1.165) is 45.9 Å². The van der Waals surface area contributed by atoms with Crippen molar-refractivity contribution in [2.45, 2.75) is 108 Å². The number of rotatable bonds is 8. The quantitative estimate of drug-likeness (QED) is 0.0891. The Morgan fingerprint density at radius 3 is 2.33 bits per heavy atom. The van der Waals surface area contributed by atoms with Crippen LogP contribution in [0.4, 0.5) is 10.7 Å². The van der Waals surface area contributed by atoms with E-state index in [1.54, 1.807) is 11.8 Å². The zero-order chi connectivity index (χ0) is 36.1. The molecule has 9 nitrogen and oxygen atoms in total. The van der Waals surface area contributed by atoms with Gasteiger partial charge in [-0.15, -0.1) is 0 Å². The number of nitrogens with zero attached hydrogens (tertiary/aromatic N) is 6. The highest BCUT2D eigenvalue weighted by Gasteiger charge is 2.45. The maximum absolute atomic E-state index is 13.2. The highest BCUT2D eigenvalue weighted by Crippen LogP contribution is 2.39. The Kier molecular flexibility index (Phi) is 9.33. The van der Waals surface area contributed by atoms with Crippen molar-refractivity contribution in [3.8, 4) is 5.75 Å². The van der Waals surface area contributed by atoms with Crippen LogP contribution in [-0.4, -0.2) is 69.6 Å². The van der Waals surface area contributed by atoms with Crippen LogP contribution in [0.3, 0.4) is 0 Å². The molecule has 2 aliphatic rings. The lowest BCUT2D eigenvalue weighted by molar-refractivity contribution is 0.0122. The monoisotopic (exact) mass is 722 g/mol. The number of hydrogen-bond donors (Lipinski definition) is 0. The van der Waals surface area contributed by atoms with Crippen LogP contribution in [-0.2, 0) is 17.0 Å². The molecule has 268 valence electrons. The maximum atomic E-state index is 13.2. The van der Waals surface area contributed by atoms with Gasteiger partial charge in [-0.05, 0) is 85.8 Å². The van der Waals surface area contributed by atoms with Crippen LogP contribution in [0.2, 0.25) is 18.1 Å². The number of carbonyl (C=O) groups is 1. The first-order valence-electron chi connectivity index (χ1n) is 18.0. The lowest BCUT2D eigenvalue weighted by Gasteiger charge is -2.41. The van der Waals surface area contributed by atoms with E-state index < -0.39 is 13.9 Å². The number of amides is 1. The summed E-state index contributed by atoms with van der Waals surface area (Å²) in [5.41, 5.74) is 3.50. The Labute approximate surface area is 306 Å². The Morgan fingerprint density at radius 2 is 1.65 bits per heavy atom. The summed E-state index contributed by atoms with van der Waals surface area (Å²) in [6.45, 7) is 19.1. The van der Waals surface area contributed by atoms with E-state index >= 15 is 0 Å². The Balaban J connectivity index is 1.21. The molecular formula is C40H50N6O3SSi. The Hall–Kier alpha value is -4.09. The summed E-state index contributed by atoms with van der Waals surface area (Å²) >= 11 is 1.69. The van der Waals surface area contributed by atoms with E-state index in [-0.39, 0.29) is 23.2 Å². The van der Waals surface area contributed by atoms with Gasteiger partial charge in [-0.3, -0.25) is 4.90 Å². The minimum atomic E-state index is -1.97. The Morgan fingerprint density at radius 1 is 0.922 bits per heavy atom. The van der Waals surface area contributed by atoms with Gasteiger partial charge in [0.2, 0.25) is 14.3 Å². The number of aromatic nitrogens is 4. The van der Waals surface area contributed by atoms with Crippen LogP contribution in [0.25, 0.3) is 21.9 Å². The van der Waals surface area contributed by atoms with Gasteiger partial charge in [0.05, 0.1) is 25.0 Å². The largest absolute Gasteiger partial charge is 0.543 e. The molecule has 4 heterocycles. The number of imidazole rings is 1. The van der Waals surface area contributed by atoms with Crippen molar-refractivity contribution in [3.63, 3.8) is 0 Å². The van der Waals surface area contributed by atoms with Crippen LogP contribution in [0.15, 0.2) is 78.1 Å². The molecule has 0 radical (unpaired) electrons. The average Bonchev–Trinajstić information content (AvgIpc) is 3.59. The number of carbonyl (C=O) groups excluding carboxylic acids is 1. The second kappa shape index (κ2) is 13.5. The zero-order valence-corrected chi connectivity index (χ0v) is 33.0. The SMILES string of the molecule is CC(C)(C)OC(=O)N1[C@@H]2CC[C@H]1CN(c1nc(SCc3ccccc3)c3ncn(Cc4cccc5cc(O[Si](C)(C)C(C)(C)C)ccc45)c3n1)C2. The van der Waals surface area contributed by atoms with Gasteiger partial charge in [0, 0.05) is 18.8 Å². The Bertz CT molecular complexity index is 2040. The standard InChI is InChI=1S/C40H50N6O3SSi/c1-39(2,3)48-38(47)46-30-17-18-31(46)24-44(23-30)37-42-35-34(36(43-37)50-25-27-13-10-9-11-14-27)41-26-45(35)22-29-16-12-15-28-21-32(19-20-33(28)29)49-51(7,8)40(4,5)6/h9-16,19-21,26,30-31H,17-18,22-25H2,1-8H3/t30-,31+. The van der Waals surface area contributed by atoms with Crippen molar-refractivity contribution in [2.24, 2.45) is 0 Å². The van der Waals surface area contributed by atoms with Gasteiger partial charge in [-0.1, -0.05) is 87.1 Å². The molecule has 2 aliphatic heterocycles. The summed E-state index contributed by atoms with van der Waals surface area (Å²) in [6, 6.07) is 23.5. The number of fused-ring (bicyclic) bond motifs is 4. The van der Waals surface area contributed by atoms with E-state index in [4.69, 9.17) is 24.1 Å². The zero-order valence-electron chi connectivity index (χ0n) is 31.1. The topological polar surface area (TPSA) is 85.6 Å². The van der Waals surface area contributed by atoms with E-state index in [9.17, 15) is 4.79 Å². The van der Waals surface area contributed by atoms with Gasteiger partial charge >= 0.3 is 6.09 Å². The number of hydrogen-bond acceptors (Lipinski definition) is 8. The van der Waals surface area contributed by atoms with Crippen molar-refractivity contribution >= 4 is 54.1 Å². The smallest absolute Gasteiger partial charge is 0.410 e. The summed E-state index contributed by atoms with van der Waals surface area (Å²) in [5, 5.41) is 3.33. The van der Waals surface area contributed by atoms with E-state index in [2.05, 4.69) is 104 Å². The third kappa shape index (κ3) is 7.46. The third-order valence-electron chi connectivity index (χ3n) is 10.5. The molecule has 0 aliphatic carbocycles. The fraction of sp³-hybridized carbons (Fsp3) is 0.450. The predicted octanol–water partition coefficient (Wildman–Crippen LogP) is 9.29. The fourth-order valence-electron chi connectivity index (χ4n) is 6.83. The van der Waals surface area contributed by atoms with Crippen LogP contribution in [0, 0.1) is 0 Å². The first-order chi connectivity index (χ1) is 24.1. The van der Waals surface area contributed by atoms with Crippen LogP contribution < -0.4 is 9.33 Å². The van der Waals surface area contributed by atoms with Gasteiger partial charge < -0.3 is 18.6 Å². The second-order valence-corrected chi connectivity index (χ2v) is 22.2. The number of anilines is 1. The van der Waals surface area contributed by atoms with Gasteiger partial charge in [0.15, 0.2) is 5.65 Å². The lowest BCUT2D eigenvalue weighted by Crippen LogP contribution is -2.57. The molecule has 7 rings (SSSR count). The molecule has 2 aromatic heterocycles. The summed E-state index contributed by atoms with van der Waals surface area (Å²) in [4.78, 5) is 32.7. The molecule has 51 heavy (non-hydrogen) atoms. The van der Waals surface area contributed by atoms with E-state index in [1.807, 2.05) is 38.1 Å². The van der Waals surface area contributed by atoms with Crippen molar-refractivity contribution < 1.29 is 14.0 Å². The molecule has 2 fully saturated rings. The molecule has 0 N–H and O–H groups in total. The minimum absolute atomic E-state index is 0.0597. The highest BCUT2D eigenvalue weighted by atomic mass is 32.2. The second-order valence-electron chi connectivity index (χ2n) is 16.5. The average molecular weight is 723 g/mol. The highest BCUT2D eigenvalue weighted by molar-refractivity contribution is 7.98. The molecule has 0 saturated carbocycles. The molecule has 1 amide bonds. The molecule has 11 heteroatoms.